The molecule has 3 rings (SSSR count). The lowest BCUT2D eigenvalue weighted by molar-refractivity contribution is -0.145. The standard InChI is InChI=1S/C19H29N3O5S2/c1-14(2)21-9-11-22(12-10-21)17(23)15-5-7-19(8-6-15,18(20)24)27-29(25,26)16-4-3-13-28-16/h3-4,13-15H,5-12H2,1-2H3,(H2,20,24). The molecule has 1 aromatic heterocycles. The van der Waals surface area contributed by atoms with E-state index in [0.29, 0.717) is 32.0 Å². The highest BCUT2D eigenvalue weighted by molar-refractivity contribution is 7.89. The fourth-order valence-electron chi connectivity index (χ4n) is 4.08. The second-order valence-corrected chi connectivity index (χ2v) is 10.8. The Balaban J connectivity index is 1.63. The molecule has 0 spiro atoms. The molecule has 0 bridgehead atoms. The van der Waals surface area contributed by atoms with Gasteiger partial charge in [0.15, 0.2) is 5.60 Å². The molecule has 1 aromatic rings. The second kappa shape index (κ2) is 8.71. The third-order valence-electron chi connectivity index (χ3n) is 5.96. The van der Waals surface area contributed by atoms with Crippen LogP contribution in [0, 0.1) is 5.92 Å². The number of piperazine rings is 1. The van der Waals surface area contributed by atoms with E-state index in [9.17, 15) is 18.0 Å². The largest absolute Gasteiger partial charge is 0.367 e. The lowest BCUT2D eigenvalue weighted by Gasteiger charge is -2.41. The Labute approximate surface area is 176 Å². The fraction of sp³-hybridized carbons (Fsp3) is 0.684. The number of thiophene rings is 1. The monoisotopic (exact) mass is 443 g/mol. The Hall–Kier alpha value is -1.49. The number of primary amides is 1. The predicted octanol–water partition coefficient (Wildman–Crippen LogP) is 1.42. The average Bonchev–Trinajstić information content (AvgIpc) is 3.23. The molecule has 8 nitrogen and oxygen atoms in total. The summed E-state index contributed by atoms with van der Waals surface area (Å²) < 4.78 is 30.4. The van der Waals surface area contributed by atoms with Gasteiger partial charge in [0.25, 0.3) is 5.91 Å². The minimum Gasteiger partial charge on any atom is -0.367 e. The molecule has 0 unspecified atom stereocenters. The highest BCUT2D eigenvalue weighted by atomic mass is 32.3. The highest BCUT2D eigenvalue weighted by Gasteiger charge is 2.47. The summed E-state index contributed by atoms with van der Waals surface area (Å²) in [5.41, 5.74) is 3.96. The van der Waals surface area contributed by atoms with Crippen LogP contribution in [-0.4, -0.2) is 67.9 Å². The minimum atomic E-state index is -4.08. The Kier molecular flexibility index (Phi) is 6.67. The van der Waals surface area contributed by atoms with Gasteiger partial charge in [-0.25, -0.2) is 4.18 Å². The van der Waals surface area contributed by atoms with Crippen molar-refractivity contribution in [3.05, 3.63) is 17.5 Å². The van der Waals surface area contributed by atoms with Gasteiger partial charge in [-0.15, -0.1) is 11.3 Å². The van der Waals surface area contributed by atoms with Crippen molar-refractivity contribution in [2.24, 2.45) is 11.7 Å². The van der Waals surface area contributed by atoms with E-state index in [1.54, 1.807) is 11.4 Å². The second-order valence-electron chi connectivity index (χ2n) is 8.06. The molecule has 2 aliphatic rings. The van der Waals surface area contributed by atoms with E-state index in [-0.39, 0.29) is 28.9 Å². The molecule has 0 atom stereocenters. The van der Waals surface area contributed by atoms with Crippen LogP contribution in [0.4, 0.5) is 0 Å². The van der Waals surface area contributed by atoms with Crippen LogP contribution in [0.5, 0.6) is 0 Å². The maximum absolute atomic E-state index is 12.9. The molecule has 1 aliphatic carbocycles. The van der Waals surface area contributed by atoms with Crippen LogP contribution in [-0.2, 0) is 23.9 Å². The van der Waals surface area contributed by atoms with E-state index >= 15 is 0 Å². The quantitative estimate of drug-likeness (QED) is 0.666. The normalized spacial score (nSPS) is 26.6. The number of carbonyl (C=O) groups is 2. The lowest BCUT2D eigenvalue weighted by Crippen LogP contribution is -2.54. The van der Waals surface area contributed by atoms with Crippen LogP contribution in [0.25, 0.3) is 0 Å². The number of nitrogens with two attached hydrogens (primary N) is 1. The summed E-state index contributed by atoms with van der Waals surface area (Å²) in [5.74, 6) is -0.956. The summed E-state index contributed by atoms with van der Waals surface area (Å²) in [5, 5.41) is 1.63. The van der Waals surface area contributed by atoms with E-state index < -0.39 is 21.6 Å². The van der Waals surface area contributed by atoms with Gasteiger partial charge in [0.1, 0.15) is 4.21 Å². The molecule has 2 N–H and O–H groups in total. The molecule has 0 radical (unpaired) electrons. The maximum atomic E-state index is 12.9. The van der Waals surface area contributed by atoms with E-state index in [0.717, 1.165) is 24.4 Å². The maximum Gasteiger partial charge on any atom is 0.307 e. The summed E-state index contributed by atoms with van der Waals surface area (Å²) in [6, 6.07) is 3.49. The van der Waals surface area contributed by atoms with Crippen molar-refractivity contribution < 1.29 is 22.2 Å². The highest BCUT2D eigenvalue weighted by Crippen LogP contribution is 2.38. The third-order valence-corrected chi connectivity index (χ3v) is 8.69. The molecule has 162 valence electrons. The van der Waals surface area contributed by atoms with Gasteiger partial charge in [0, 0.05) is 38.1 Å². The number of nitrogens with zero attached hydrogens (tertiary/aromatic N) is 2. The van der Waals surface area contributed by atoms with Crippen molar-refractivity contribution in [1.82, 2.24) is 9.80 Å². The molecule has 29 heavy (non-hydrogen) atoms. The summed E-state index contributed by atoms with van der Waals surface area (Å²) in [7, 11) is -4.08. The van der Waals surface area contributed by atoms with E-state index in [4.69, 9.17) is 9.92 Å². The first-order valence-corrected chi connectivity index (χ1v) is 12.3. The van der Waals surface area contributed by atoms with Gasteiger partial charge in [-0.2, -0.15) is 8.42 Å². The van der Waals surface area contributed by atoms with Crippen LogP contribution >= 0.6 is 11.3 Å². The van der Waals surface area contributed by atoms with E-state index in [2.05, 4.69) is 18.7 Å². The van der Waals surface area contributed by atoms with Crippen LogP contribution in [0.3, 0.4) is 0 Å². The molecule has 1 aliphatic heterocycles. The summed E-state index contributed by atoms with van der Waals surface area (Å²) in [6.07, 6.45) is 1.00. The van der Waals surface area contributed by atoms with Crippen LogP contribution in [0.2, 0.25) is 0 Å². The van der Waals surface area contributed by atoms with Gasteiger partial charge < -0.3 is 10.6 Å². The molecule has 10 heteroatoms. The van der Waals surface area contributed by atoms with Crippen molar-refractivity contribution in [2.75, 3.05) is 26.2 Å². The zero-order chi connectivity index (χ0) is 21.2. The SMILES string of the molecule is CC(C)N1CCN(C(=O)C2CCC(OS(=O)(=O)c3cccs3)(C(N)=O)CC2)CC1. The first kappa shape index (κ1) is 22.2. The smallest absolute Gasteiger partial charge is 0.307 e. The first-order chi connectivity index (χ1) is 13.6. The van der Waals surface area contributed by atoms with E-state index in [1.807, 2.05) is 4.90 Å². The molecule has 2 heterocycles. The van der Waals surface area contributed by atoms with Crippen LogP contribution in [0.15, 0.2) is 21.7 Å². The molecular formula is C19H29N3O5S2. The van der Waals surface area contributed by atoms with E-state index in [1.165, 1.54) is 6.07 Å². The number of hydrogen-bond acceptors (Lipinski definition) is 7. The Bertz CT molecular complexity index is 822. The van der Waals surface area contributed by atoms with Crippen molar-refractivity contribution in [3.8, 4) is 0 Å². The topological polar surface area (TPSA) is 110 Å². The summed E-state index contributed by atoms with van der Waals surface area (Å²) in [6.45, 7) is 7.38. The van der Waals surface area contributed by atoms with Crippen LogP contribution < -0.4 is 5.73 Å². The summed E-state index contributed by atoms with van der Waals surface area (Å²) >= 11 is 1.03. The Morgan fingerprint density at radius 1 is 1.21 bits per heavy atom. The number of carbonyl (C=O) groups excluding carboxylic acids is 2. The van der Waals surface area contributed by atoms with Gasteiger partial charge in [-0.1, -0.05) is 6.07 Å². The zero-order valence-corrected chi connectivity index (χ0v) is 18.5. The molecule has 1 saturated heterocycles. The van der Waals surface area contributed by atoms with Crippen molar-refractivity contribution in [1.29, 1.82) is 0 Å². The number of hydrogen-bond donors (Lipinski definition) is 1. The average molecular weight is 444 g/mol. The summed E-state index contributed by atoms with van der Waals surface area (Å²) in [4.78, 5) is 29.3. The molecule has 2 fully saturated rings. The van der Waals surface area contributed by atoms with Gasteiger partial charge >= 0.3 is 10.1 Å². The Morgan fingerprint density at radius 2 is 1.83 bits per heavy atom. The van der Waals surface area contributed by atoms with Gasteiger partial charge in [-0.3, -0.25) is 14.5 Å². The minimum absolute atomic E-state index is 0.0411. The molecule has 1 saturated carbocycles. The Morgan fingerprint density at radius 3 is 2.31 bits per heavy atom. The van der Waals surface area contributed by atoms with Crippen molar-refractivity contribution in [3.63, 3.8) is 0 Å². The molecule has 0 aromatic carbocycles. The van der Waals surface area contributed by atoms with Gasteiger partial charge in [-0.05, 0) is 51.0 Å². The van der Waals surface area contributed by atoms with Crippen molar-refractivity contribution >= 4 is 33.3 Å². The van der Waals surface area contributed by atoms with Crippen molar-refractivity contribution in [2.45, 2.75) is 55.4 Å². The van der Waals surface area contributed by atoms with Crippen LogP contribution in [0.1, 0.15) is 39.5 Å². The third kappa shape index (κ3) is 4.82. The molecular weight excluding hydrogens is 414 g/mol. The number of amides is 2. The lowest BCUT2D eigenvalue weighted by atomic mass is 9.78. The fourth-order valence-corrected chi connectivity index (χ4v) is 6.26. The predicted molar refractivity (Wildman–Crippen MR) is 110 cm³/mol. The van der Waals surface area contributed by atoms with Gasteiger partial charge in [0.05, 0.1) is 0 Å². The molecule has 2 amide bonds. The van der Waals surface area contributed by atoms with Gasteiger partial charge in [0.2, 0.25) is 5.91 Å². The number of rotatable bonds is 6. The first-order valence-electron chi connectivity index (χ1n) is 9.96. The zero-order valence-electron chi connectivity index (χ0n) is 16.9.